The predicted molar refractivity (Wildman–Crippen MR) is 352 cm³/mol. The molecule has 0 aromatic rings. The van der Waals surface area contributed by atoms with Crippen molar-refractivity contribution in [3.05, 3.63) is 134 Å². The average Bonchev–Trinajstić information content (AvgIpc) is 3.46. The lowest BCUT2D eigenvalue weighted by Crippen LogP contribution is -2.28. The highest BCUT2D eigenvalue weighted by Crippen LogP contribution is 2.17. The van der Waals surface area contributed by atoms with E-state index in [9.17, 15) is 14.7 Å². The number of carbonyl (C=O) groups is 2. The molecule has 0 aliphatic rings. The molecule has 5 nitrogen and oxygen atoms in total. The van der Waals surface area contributed by atoms with Gasteiger partial charge in [0.15, 0.2) is 6.10 Å². The standard InChI is InChI=1S/C75H126O5/c1-3-5-7-9-11-13-15-17-19-21-23-25-27-29-31-33-35-37-39-41-43-45-47-49-51-53-55-57-59-61-63-65-67-69-74(77)79-72-73(71-76)80-75(78)70-68-66-64-62-60-58-56-54-52-50-48-46-44-42-40-38-36-34-32-30-28-26-24-22-20-18-16-14-12-10-8-6-4-2/h5-8,11-14,17-20,23-26,30,32,36,38,42,44,73,76H,3-4,9-10,15-16,21-22,27-29,31,33-35,37,39-41,43,45-72H2,1-2H3/b7-5-,8-6-,13-11-,14-12-,19-17-,20-18-,25-23-,26-24-,32-30-,38-36-,44-42-. The molecule has 0 aliphatic heterocycles. The Labute approximate surface area is 496 Å². The van der Waals surface area contributed by atoms with E-state index in [0.29, 0.717) is 12.8 Å². The van der Waals surface area contributed by atoms with Gasteiger partial charge in [0, 0.05) is 12.8 Å². The number of rotatable bonds is 61. The Morgan fingerprint density at radius 2 is 0.500 bits per heavy atom. The molecule has 1 N–H and O–H groups in total. The van der Waals surface area contributed by atoms with Crippen molar-refractivity contribution in [3.63, 3.8) is 0 Å². The van der Waals surface area contributed by atoms with Gasteiger partial charge < -0.3 is 14.6 Å². The Hall–Kier alpha value is -3.96. The molecule has 0 saturated heterocycles. The Balaban J connectivity index is 3.49. The Morgan fingerprint density at radius 3 is 0.750 bits per heavy atom. The summed E-state index contributed by atoms with van der Waals surface area (Å²) in [5.41, 5.74) is 0. The number of allylic oxidation sites excluding steroid dienone is 22. The van der Waals surface area contributed by atoms with Gasteiger partial charge in [-0.05, 0) is 109 Å². The molecule has 80 heavy (non-hydrogen) atoms. The maximum absolute atomic E-state index is 12.4. The highest BCUT2D eigenvalue weighted by atomic mass is 16.6. The van der Waals surface area contributed by atoms with Crippen molar-refractivity contribution < 1.29 is 24.2 Å². The third kappa shape index (κ3) is 66.6. The molecular formula is C75H126O5. The molecule has 0 bridgehead atoms. The van der Waals surface area contributed by atoms with E-state index in [1.807, 2.05) is 0 Å². The predicted octanol–water partition coefficient (Wildman–Crippen LogP) is 23.5. The van der Waals surface area contributed by atoms with Gasteiger partial charge >= 0.3 is 11.9 Å². The van der Waals surface area contributed by atoms with Crippen LogP contribution in [0.5, 0.6) is 0 Å². The first-order chi connectivity index (χ1) is 39.6. The van der Waals surface area contributed by atoms with Gasteiger partial charge in [0.25, 0.3) is 0 Å². The van der Waals surface area contributed by atoms with Crippen LogP contribution in [0.1, 0.15) is 309 Å². The molecule has 0 saturated carbocycles. The van der Waals surface area contributed by atoms with Crippen LogP contribution in [-0.2, 0) is 19.1 Å². The number of hydrogen-bond donors (Lipinski definition) is 1. The van der Waals surface area contributed by atoms with Gasteiger partial charge in [-0.1, -0.05) is 321 Å². The first kappa shape index (κ1) is 76.0. The number of hydrogen-bond acceptors (Lipinski definition) is 5. The van der Waals surface area contributed by atoms with E-state index in [-0.39, 0.29) is 25.2 Å². The molecule has 0 fully saturated rings. The molecule has 0 radical (unpaired) electrons. The zero-order valence-electron chi connectivity index (χ0n) is 52.3. The van der Waals surface area contributed by atoms with Gasteiger partial charge in [0.1, 0.15) is 6.61 Å². The Bertz CT molecular complexity index is 1630. The van der Waals surface area contributed by atoms with E-state index in [1.165, 1.54) is 173 Å². The fraction of sp³-hybridized carbons (Fsp3) is 0.680. The highest BCUT2D eigenvalue weighted by Gasteiger charge is 2.16. The van der Waals surface area contributed by atoms with E-state index in [2.05, 4.69) is 148 Å². The Morgan fingerprint density at radius 1 is 0.287 bits per heavy atom. The molecule has 0 aromatic carbocycles. The largest absolute Gasteiger partial charge is 0.462 e. The number of ether oxygens (including phenoxy) is 2. The van der Waals surface area contributed by atoms with Crippen LogP contribution in [-0.4, -0.2) is 36.4 Å². The second-order valence-corrected chi connectivity index (χ2v) is 22.1. The second-order valence-electron chi connectivity index (χ2n) is 22.1. The third-order valence-corrected chi connectivity index (χ3v) is 14.4. The topological polar surface area (TPSA) is 72.8 Å². The summed E-state index contributed by atoms with van der Waals surface area (Å²) in [6, 6.07) is 0. The van der Waals surface area contributed by atoms with Crippen molar-refractivity contribution in [2.75, 3.05) is 13.2 Å². The van der Waals surface area contributed by atoms with Crippen LogP contribution in [0.25, 0.3) is 0 Å². The normalized spacial score (nSPS) is 13.1. The van der Waals surface area contributed by atoms with Gasteiger partial charge in [-0.3, -0.25) is 9.59 Å². The third-order valence-electron chi connectivity index (χ3n) is 14.4. The number of esters is 2. The zero-order valence-corrected chi connectivity index (χ0v) is 52.3. The van der Waals surface area contributed by atoms with E-state index in [1.54, 1.807) is 0 Å². The summed E-state index contributed by atoms with van der Waals surface area (Å²) in [6.07, 6.45) is 103. The van der Waals surface area contributed by atoms with Crippen LogP contribution in [0.15, 0.2) is 134 Å². The van der Waals surface area contributed by atoms with Gasteiger partial charge in [0.05, 0.1) is 6.61 Å². The van der Waals surface area contributed by atoms with Gasteiger partial charge in [-0.15, -0.1) is 0 Å². The maximum Gasteiger partial charge on any atom is 0.306 e. The fourth-order valence-electron chi connectivity index (χ4n) is 9.47. The van der Waals surface area contributed by atoms with Crippen LogP contribution >= 0.6 is 0 Å². The highest BCUT2D eigenvalue weighted by molar-refractivity contribution is 5.70. The number of carbonyl (C=O) groups excluding carboxylic acids is 2. The van der Waals surface area contributed by atoms with Crippen LogP contribution in [0.2, 0.25) is 0 Å². The first-order valence-electron chi connectivity index (χ1n) is 33.7. The number of unbranched alkanes of at least 4 members (excludes halogenated alkanes) is 31. The molecule has 0 heterocycles. The molecule has 456 valence electrons. The quantitative estimate of drug-likeness (QED) is 0.0373. The van der Waals surface area contributed by atoms with Crippen molar-refractivity contribution in [1.82, 2.24) is 0 Å². The van der Waals surface area contributed by atoms with E-state index < -0.39 is 6.10 Å². The van der Waals surface area contributed by atoms with Crippen LogP contribution in [0.3, 0.4) is 0 Å². The molecule has 0 aromatic heterocycles. The summed E-state index contributed by atoms with van der Waals surface area (Å²) < 4.78 is 10.8. The second kappa shape index (κ2) is 69.3. The Kier molecular flexibility index (Phi) is 65.9. The minimum Gasteiger partial charge on any atom is -0.462 e. The van der Waals surface area contributed by atoms with Crippen LogP contribution < -0.4 is 0 Å². The zero-order chi connectivity index (χ0) is 57.6. The summed E-state index contributed by atoms with van der Waals surface area (Å²) in [5, 5.41) is 9.70. The summed E-state index contributed by atoms with van der Waals surface area (Å²) in [4.78, 5) is 24.6. The molecule has 0 amide bonds. The van der Waals surface area contributed by atoms with Crippen molar-refractivity contribution >= 4 is 11.9 Å². The molecule has 5 heteroatoms. The minimum absolute atomic E-state index is 0.0703. The lowest BCUT2D eigenvalue weighted by atomic mass is 10.0. The SMILES string of the molecule is CC/C=C\C/C=C\C/C=C\C/C=C\C/C=C\C/C=C\C/C=C\CCCCCCCCCCCCCC(=O)OC(CO)COC(=O)CCCCCCCCCCCCCCCCCCCCCC/C=C\C/C=C\C/C=C\C/C=C\CC. The summed E-state index contributed by atoms with van der Waals surface area (Å²) in [7, 11) is 0. The molecule has 0 rings (SSSR count). The monoisotopic (exact) mass is 1110 g/mol. The van der Waals surface area contributed by atoms with E-state index in [0.717, 1.165) is 109 Å². The van der Waals surface area contributed by atoms with Crippen molar-refractivity contribution in [2.45, 2.75) is 315 Å². The van der Waals surface area contributed by atoms with Crippen molar-refractivity contribution in [1.29, 1.82) is 0 Å². The lowest BCUT2D eigenvalue weighted by Gasteiger charge is -2.15. The molecule has 1 unspecified atom stereocenters. The molecular weight excluding hydrogens is 981 g/mol. The smallest absolute Gasteiger partial charge is 0.306 e. The maximum atomic E-state index is 12.4. The van der Waals surface area contributed by atoms with Crippen LogP contribution in [0, 0.1) is 0 Å². The molecule has 1 atom stereocenters. The van der Waals surface area contributed by atoms with Gasteiger partial charge in [-0.2, -0.15) is 0 Å². The minimum atomic E-state index is -0.782. The van der Waals surface area contributed by atoms with E-state index in [4.69, 9.17) is 9.47 Å². The molecule has 0 spiro atoms. The summed E-state index contributed by atoms with van der Waals surface area (Å²) >= 11 is 0. The number of aliphatic hydroxyl groups is 1. The lowest BCUT2D eigenvalue weighted by molar-refractivity contribution is -0.161. The van der Waals surface area contributed by atoms with E-state index >= 15 is 0 Å². The first-order valence-corrected chi connectivity index (χ1v) is 33.7. The summed E-state index contributed by atoms with van der Waals surface area (Å²) in [6.45, 7) is 3.93. The number of aliphatic hydroxyl groups excluding tert-OH is 1. The van der Waals surface area contributed by atoms with Crippen molar-refractivity contribution in [3.8, 4) is 0 Å². The fourth-order valence-corrected chi connectivity index (χ4v) is 9.47. The van der Waals surface area contributed by atoms with Crippen molar-refractivity contribution in [2.24, 2.45) is 0 Å². The van der Waals surface area contributed by atoms with Crippen LogP contribution in [0.4, 0.5) is 0 Å². The van der Waals surface area contributed by atoms with Gasteiger partial charge in [-0.25, -0.2) is 0 Å². The molecule has 0 aliphatic carbocycles. The summed E-state index contributed by atoms with van der Waals surface area (Å²) in [5.74, 6) is -0.588. The van der Waals surface area contributed by atoms with Gasteiger partial charge in [0.2, 0.25) is 0 Å². The average molecular weight is 1110 g/mol.